The number of amides is 1. The van der Waals surface area contributed by atoms with Crippen LogP contribution in [0.5, 0.6) is 5.75 Å². The molecule has 0 radical (unpaired) electrons. The second-order valence-electron chi connectivity index (χ2n) is 9.29. The van der Waals surface area contributed by atoms with Crippen molar-refractivity contribution in [1.29, 1.82) is 0 Å². The smallest absolute Gasteiger partial charge is 0.277 e. The van der Waals surface area contributed by atoms with E-state index < -0.39 is 12.0 Å². The number of methoxy groups -OCH3 is 1. The highest BCUT2D eigenvalue weighted by molar-refractivity contribution is 5.96. The van der Waals surface area contributed by atoms with Crippen molar-refractivity contribution < 1.29 is 19.4 Å². The number of ether oxygens (including phenoxy) is 2. The molecule has 0 saturated carbocycles. The molecule has 1 N–H and O–H groups in total. The minimum Gasteiger partial charge on any atom is -0.482 e. The van der Waals surface area contributed by atoms with Crippen molar-refractivity contribution in [2.75, 3.05) is 31.9 Å². The maximum absolute atomic E-state index is 13.9. The highest BCUT2D eigenvalue weighted by atomic mass is 16.5. The van der Waals surface area contributed by atoms with Gasteiger partial charge in [0.05, 0.1) is 24.9 Å². The van der Waals surface area contributed by atoms with Gasteiger partial charge in [-0.3, -0.25) is 14.6 Å². The lowest BCUT2D eigenvalue weighted by Gasteiger charge is -2.45. The lowest BCUT2D eigenvalue weighted by Crippen LogP contribution is -2.57. The van der Waals surface area contributed by atoms with Crippen LogP contribution in [0.15, 0.2) is 102 Å². The SMILES string of the molecule is COCCN1CN(C(c2ccccc2)c2ccccc2)n2c(CO)cc(=O)c(OCc3ccccc3)c2C1=O. The molecule has 200 valence electrons. The quantitative estimate of drug-likeness (QED) is 0.340. The minimum atomic E-state index is -0.459. The van der Waals surface area contributed by atoms with Gasteiger partial charge in [-0.25, -0.2) is 4.68 Å². The monoisotopic (exact) mass is 525 g/mol. The number of aliphatic hydroxyl groups is 1. The van der Waals surface area contributed by atoms with Gasteiger partial charge in [-0.15, -0.1) is 0 Å². The number of benzene rings is 3. The van der Waals surface area contributed by atoms with E-state index >= 15 is 0 Å². The van der Waals surface area contributed by atoms with Gasteiger partial charge in [0.25, 0.3) is 5.91 Å². The van der Waals surface area contributed by atoms with Crippen LogP contribution in [0, 0.1) is 0 Å². The van der Waals surface area contributed by atoms with Gasteiger partial charge in [-0.1, -0.05) is 91.0 Å². The molecule has 0 spiro atoms. The Kier molecular flexibility index (Phi) is 8.05. The molecule has 1 amide bonds. The summed E-state index contributed by atoms with van der Waals surface area (Å²) in [5.74, 6) is -0.410. The summed E-state index contributed by atoms with van der Waals surface area (Å²) < 4.78 is 13.0. The molecule has 0 fully saturated rings. The lowest BCUT2D eigenvalue weighted by molar-refractivity contribution is 0.0605. The van der Waals surface area contributed by atoms with Crippen LogP contribution < -0.4 is 15.2 Å². The molecule has 0 bridgehead atoms. The zero-order valence-corrected chi connectivity index (χ0v) is 21.8. The number of carbonyl (C=O) groups is 1. The molecular weight excluding hydrogens is 494 g/mol. The summed E-state index contributed by atoms with van der Waals surface area (Å²) in [6.45, 7) is 0.535. The van der Waals surface area contributed by atoms with Gasteiger partial charge in [0.2, 0.25) is 5.43 Å². The van der Waals surface area contributed by atoms with Crippen LogP contribution in [-0.4, -0.2) is 47.5 Å². The minimum absolute atomic E-state index is 0.0481. The number of rotatable bonds is 10. The first-order valence-electron chi connectivity index (χ1n) is 12.8. The summed E-state index contributed by atoms with van der Waals surface area (Å²) in [5.41, 5.74) is 2.78. The fraction of sp³-hybridized carbons (Fsp3) is 0.226. The maximum Gasteiger partial charge on any atom is 0.277 e. The molecule has 4 aromatic rings. The van der Waals surface area contributed by atoms with Crippen molar-refractivity contribution in [2.45, 2.75) is 19.3 Å². The second-order valence-corrected chi connectivity index (χ2v) is 9.29. The highest BCUT2D eigenvalue weighted by Gasteiger charge is 2.38. The summed E-state index contributed by atoms with van der Waals surface area (Å²) in [4.78, 5) is 28.9. The summed E-state index contributed by atoms with van der Waals surface area (Å²) in [6.07, 6.45) is 0. The van der Waals surface area contributed by atoms with Gasteiger partial charge in [-0.2, -0.15) is 0 Å². The molecule has 2 heterocycles. The number of hydrogen-bond acceptors (Lipinski definition) is 6. The van der Waals surface area contributed by atoms with Crippen molar-refractivity contribution in [1.82, 2.24) is 9.58 Å². The number of nitrogens with zero attached hydrogens (tertiary/aromatic N) is 3. The first-order chi connectivity index (χ1) is 19.1. The van der Waals surface area contributed by atoms with Gasteiger partial charge in [-0.05, 0) is 16.7 Å². The maximum atomic E-state index is 13.9. The predicted molar refractivity (Wildman–Crippen MR) is 148 cm³/mol. The van der Waals surface area contributed by atoms with E-state index in [0.717, 1.165) is 16.7 Å². The van der Waals surface area contributed by atoms with Gasteiger partial charge in [0, 0.05) is 19.7 Å². The van der Waals surface area contributed by atoms with E-state index in [4.69, 9.17) is 9.47 Å². The van der Waals surface area contributed by atoms with Crippen molar-refractivity contribution >= 4 is 5.91 Å². The van der Waals surface area contributed by atoms with Crippen molar-refractivity contribution in [3.8, 4) is 5.75 Å². The zero-order chi connectivity index (χ0) is 27.2. The summed E-state index contributed by atoms with van der Waals surface area (Å²) >= 11 is 0. The summed E-state index contributed by atoms with van der Waals surface area (Å²) in [7, 11) is 1.58. The Morgan fingerprint density at radius 3 is 2.03 bits per heavy atom. The van der Waals surface area contributed by atoms with E-state index in [-0.39, 0.29) is 36.7 Å². The zero-order valence-electron chi connectivity index (χ0n) is 21.8. The van der Waals surface area contributed by atoms with Gasteiger partial charge < -0.3 is 19.5 Å². The van der Waals surface area contributed by atoms with Crippen LogP contribution >= 0.6 is 0 Å². The molecule has 0 unspecified atom stereocenters. The molecule has 3 aromatic carbocycles. The Bertz CT molecular complexity index is 1420. The normalized spacial score (nSPS) is 13.1. The number of aliphatic hydroxyl groups excluding tert-OH is 1. The molecule has 0 aliphatic carbocycles. The van der Waals surface area contributed by atoms with Crippen LogP contribution in [0.2, 0.25) is 0 Å². The van der Waals surface area contributed by atoms with Gasteiger partial charge in [0.1, 0.15) is 13.3 Å². The first-order valence-corrected chi connectivity index (χ1v) is 12.8. The van der Waals surface area contributed by atoms with Crippen LogP contribution in [0.1, 0.15) is 38.9 Å². The van der Waals surface area contributed by atoms with Crippen LogP contribution in [0.3, 0.4) is 0 Å². The number of pyridine rings is 1. The Morgan fingerprint density at radius 1 is 0.872 bits per heavy atom. The van der Waals surface area contributed by atoms with Crippen LogP contribution in [0.25, 0.3) is 0 Å². The second kappa shape index (κ2) is 12.0. The van der Waals surface area contributed by atoms with E-state index in [1.165, 1.54) is 6.07 Å². The molecule has 8 heteroatoms. The third-order valence-electron chi connectivity index (χ3n) is 6.76. The molecule has 0 atom stereocenters. The van der Waals surface area contributed by atoms with Crippen molar-refractivity contribution in [3.63, 3.8) is 0 Å². The van der Waals surface area contributed by atoms with Crippen LogP contribution in [0.4, 0.5) is 0 Å². The Balaban J connectivity index is 1.71. The average Bonchev–Trinajstić information content (AvgIpc) is 2.98. The number of hydrogen-bond donors (Lipinski definition) is 1. The topological polar surface area (TPSA) is 84.2 Å². The Morgan fingerprint density at radius 2 is 1.46 bits per heavy atom. The molecule has 5 rings (SSSR count). The molecule has 39 heavy (non-hydrogen) atoms. The lowest BCUT2D eigenvalue weighted by atomic mass is 9.98. The van der Waals surface area contributed by atoms with Gasteiger partial charge in [0.15, 0.2) is 11.4 Å². The van der Waals surface area contributed by atoms with Crippen molar-refractivity contribution in [2.24, 2.45) is 0 Å². The molecule has 1 aliphatic rings. The standard InChI is InChI=1S/C31H31N3O5/c1-38-18-17-32-22-33(28(24-13-7-3-8-14-24)25-15-9-4-10-16-25)34-26(20-35)19-27(36)30(29(34)31(32)37)39-21-23-11-5-2-6-12-23/h2-16,19,28,35H,17-18,20-22H2,1H3. The first kappa shape index (κ1) is 26.2. The number of carbonyl (C=O) groups excluding carboxylic acids is 1. The number of aromatic nitrogens is 1. The Labute approximate surface area is 227 Å². The third-order valence-corrected chi connectivity index (χ3v) is 6.76. The van der Waals surface area contributed by atoms with E-state index in [1.807, 2.05) is 96.0 Å². The van der Waals surface area contributed by atoms with E-state index in [9.17, 15) is 14.7 Å². The van der Waals surface area contributed by atoms with E-state index in [1.54, 1.807) is 16.7 Å². The Hall–Kier alpha value is -4.40. The number of fused-ring (bicyclic) bond motifs is 1. The summed E-state index contributed by atoms with van der Waals surface area (Å²) in [5, 5.41) is 12.4. The van der Waals surface area contributed by atoms with Gasteiger partial charge >= 0.3 is 0 Å². The van der Waals surface area contributed by atoms with Crippen molar-refractivity contribution in [3.05, 3.63) is 135 Å². The molecule has 0 saturated heterocycles. The third kappa shape index (κ3) is 5.43. The molecule has 8 nitrogen and oxygen atoms in total. The fourth-order valence-corrected chi connectivity index (χ4v) is 4.93. The molecular formula is C31H31N3O5. The molecule has 1 aliphatic heterocycles. The van der Waals surface area contributed by atoms with E-state index in [0.29, 0.717) is 18.8 Å². The summed E-state index contributed by atoms with van der Waals surface area (Å²) in [6, 6.07) is 30.4. The van der Waals surface area contributed by atoms with Crippen LogP contribution in [-0.2, 0) is 18.0 Å². The van der Waals surface area contributed by atoms with E-state index in [2.05, 4.69) is 0 Å². The molecule has 1 aromatic heterocycles. The predicted octanol–water partition coefficient (Wildman–Crippen LogP) is 3.71. The highest BCUT2D eigenvalue weighted by Crippen LogP contribution is 2.33. The largest absolute Gasteiger partial charge is 0.482 e. The average molecular weight is 526 g/mol. The fourth-order valence-electron chi connectivity index (χ4n) is 4.93.